The van der Waals surface area contributed by atoms with Gasteiger partial charge < -0.3 is 5.11 Å². The third kappa shape index (κ3) is 2.23. The molecule has 4 nitrogen and oxygen atoms in total. The van der Waals surface area contributed by atoms with Crippen LogP contribution in [0, 0.1) is 0 Å². The van der Waals surface area contributed by atoms with Crippen LogP contribution in [-0.4, -0.2) is 15.8 Å². The van der Waals surface area contributed by atoms with Crippen molar-refractivity contribution in [3.63, 3.8) is 0 Å². The number of aromatic nitrogens is 1. The summed E-state index contributed by atoms with van der Waals surface area (Å²) in [6.45, 7) is 0. The second-order valence-electron chi connectivity index (χ2n) is 2.90. The zero-order valence-electron chi connectivity index (χ0n) is 8.00. The average Bonchev–Trinajstić information content (AvgIpc) is 2.66. The van der Waals surface area contributed by atoms with Crippen molar-refractivity contribution in [2.24, 2.45) is 4.99 Å². The van der Waals surface area contributed by atoms with E-state index < -0.39 is 6.09 Å². The second-order valence-corrected chi connectivity index (χ2v) is 4.63. The molecule has 1 N–H and O–H groups in total. The maximum absolute atomic E-state index is 10.6. The van der Waals surface area contributed by atoms with Crippen molar-refractivity contribution in [3.8, 4) is 5.69 Å². The van der Waals surface area contributed by atoms with Crippen molar-refractivity contribution in [1.82, 2.24) is 4.57 Å². The van der Waals surface area contributed by atoms with Crippen molar-refractivity contribution in [2.75, 3.05) is 0 Å². The molecule has 1 aromatic carbocycles. The monoisotopic (exact) mass is 298 g/mol. The second kappa shape index (κ2) is 4.63. The topological polar surface area (TPSA) is 54.6 Å². The standard InChI is InChI=1S/C10H7BrN2O2S/c11-7-3-1-2-4-8(7)13-5-6-16-9(13)12-10(14)15/h1-6H,(H,14,15)/b12-9+. The maximum Gasteiger partial charge on any atom is 0.433 e. The van der Waals surface area contributed by atoms with Crippen LogP contribution in [0.15, 0.2) is 45.3 Å². The Morgan fingerprint density at radius 2 is 2.19 bits per heavy atom. The summed E-state index contributed by atoms with van der Waals surface area (Å²) in [5.41, 5.74) is 0.865. The molecule has 0 saturated heterocycles. The molecule has 1 aromatic heterocycles. The molecule has 0 radical (unpaired) electrons. The van der Waals surface area contributed by atoms with Gasteiger partial charge in [-0.25, -0.2) is 4.79 Å². The molecule has 1 amide bonds. The van der Waals surface area contributed by atoms with Crippen LogP contribution in [0.1, 0.15) is 0 Å². The Balaban J connectivity index is 2.62. The Bertz CT molecular complexity index is 588. The molecule has 0 atom stereocenters. The van der Waals surface area contributed by atoms with E-state index in [9.17, 15) is 4.79 Å². The van der Waals surface area contributed by atoms with Crippen LogP contribution < -0.4 is 4.80 Å². The van der Waals surface area contributed by atoms with E-state index in [0.717, 1.165) is 10.2 Å². The first-order valence-corrected chi connectivity index (χ1v) is 6.04. The highest BCUT2D eigenvalue weighted by atomic mass is 79.9. The van der Waals surface area contributed by atoms with Crippen molar-refractivity contribution < 1.29 is 9.90 Å². The van der Waals surface area contributed by atoms with Gasteiger partial charge in [-0.3, -0.25) is 4.57 Å². The Hall–Kier alpha value is -1.40. The van der Waals surface area contributed by atoms with E-state index in [4.69, 9.17) is 5.11 Å². The largest absolute Gasteiger partial charge is 0.463 e. The van der Waals surface area contributed by atoms with E-state index in [-0.39, 0.29) is 0 Å². The highest BCUT2D eigenvalue weighted by Gasteiger charge is 2.03. The molecular weight excluding hydrogens is 292 g/mol. The lowest BCUT2D eigenvalue weighted by molar-refractivity contribution is 0.204. The van der Waals surface area contributed by atoms with Gasteiger partial charge in [-0.2, -0.15) is 0 Å². The molecule has 2 rings (SSSR count). The van der Waals surface area contributed by atoms with E-state index in [1.165, 1.54) is 11.3 Å². The summed E-state index contributed by atoms with van der Waals surface area (Å²) in [5, 5.41) is 10.4. The first kappa shape index (κ1) is 11.1. The van der Waals surface area contributed by atoms with E-state index in [1.807, 2.05) is 24.3 Å². The number of carbonyl (C=O) groups is 1. The number of rotatable bonds is 1. The molecule has 0 fully saturated rings. The summed E-state index contributed by atoms with van der Waals surface area (Å²) in [5.74, 6) is 0. The third-order valence-electron chi connectivity index (χ3n) is 1.89. The minimum absolute atomic E-state index is 0.430. The third-order valence-corrected chi connectivity index (χ3v) is 3.32. The summed E-state index contributed by atoms with van der Waals surface area (Å²) in [7, 11) is 0. The molecule has 2 aromatic rings. The minimum Gasteiger partial charge on any atom is -0.463 e. The Morgan fingerprint density at radius 1 is 1.44 bits per heavy atom. The van der Waals surface area contributed by atoms with Gasteiger partial charge in [-0.05, 0) is 28.1 Å². The predicted molar refractivity (Wildman–Crippen MR) is 64.9 cm³/mol. The zero-order chi connectivity index (χ0) is 11.5. The number of para-hydroxylation sites is 1. The van der Waals surface area contributed by atoms with Crippen molar-refractivity contribution in [1.29, 1.82) is 0 Å². The lowest BCUT2D eigenvalue weighted by Gasteiger charge is -2.04. The Labute approximate surface area is 104 Å². The quantitative estimate of drug-likeness (QED) is 0.880. The highest BCUT2D eigenvalue weighted by Crippen LogP contribution is 2.19. The van der Waals surface area contributed by atoms with E-state index in [1.54, 1.807) is 16.1 Å². The molecule has 1 heterocycles. The van der Waals surface area contributed by atoms with E-state index in [2.05, 4.69) is 20.9 Å². The molecule has 16 heavy (non-hydrogen) atoms. The molecule has 0 aliphatic rings. The SMILES string of the molecule is O=C(O)/N=c1/sccn1-c1ccccc1Br. The molecule has 0 spiro atoms. The lowest BCUT2D eigenvalue weighted by Crippen LogP contribution is -2.14. The van der Waals surface area contributed by atoms with Gasteiger partial charge in [0.25, 0.3) is 0 Å². The van der Waals surface area contributed by atoms with Gasteiger partial charge in [0.15, 0.2) is 0 Å². The van der Waals surface area contributed by atoms with Gasteiger partial charge in [0, 0.05) is 16.0 Å². The normalized spacial score (nSPS) is 11.7. The summed E-state index contributed by atoms with van der Waals surface area (Å²) in [6, 6.07) is 7.56. The number of carboxylic acid groups (broad SMARTS) is 1. The van der Waals surface area contributed by atoms with Gasteiger partial charge >= 0.3 is 6.09 Å². The molecule has 6 heteroatoms. The number of amides is 1. The Kier molecular flexibility index (Phi) is 3.21. The van der Waals surface area contributed by atoms with Crippen LogP contribution in [0.2, 0.25) is 0 Å². The number of halogens is 1. The van der Waals surface area contributed by atoms with Crippen molar-refractivity contribution in [2.45, 2.75) is 0 Å². The van der Waals surface area contributed by atoms with E-state index in [0.29, 0.717) is 4.80 Å². The molecule has 0 unspecified atom stereocenters. The molecule has 0 aliphatic heterocycles. The van der Waals surface area contributed by atoms with Crippen molar-refractivity contribution in [3.05, 3.63) is 45.1 Å². The summed E-state index contributed by atoms with van der Waals surface area (Å²) in [6.07, 6.45) is 0.593. The predicted octanol–water partition coefficient (Wildman–Crippen LogP) is 2.88. The lowest BCUT2D eigenvalue weighted by atomic mass is 10.3. The van der Waals surface area contributed by atoms with Crippen LogP contribution >= 0.6 is 27.3 Å². The van der Waals surface area contributed by atoms with Gasteiger partial charge in [-0.1, -0.05) is 12.1 Å². The van der Waals surface area contributed by atoms with Crippen LogP contribution in [0.4, 0.5) is 4.79 Å². The summed E-state index contributed by atoms with van der Waals surface area (Å²) >= 11 is 4.69. The van der Waals surface area contributed by atoms with Gasteiger partial charge in [-0.15, -0.1) is 16.3 Å². The maximum atomic E-state index is 10.6. The molecule has 0 aliphatic carbocycles. The molecule has 0 bridgehead atoms. The number of hydrogen-bond acceptors (Lipinski definition) is 2. The minimum atomic E-state index is -1.19. The molecular formula is C10H7BrN2O2S. The molecule has 0 saturated carbocycles. The zero-order valence-corrected chi connectivity index (χ0v) is 10.4. The average molecular weight is 299 g/mol. The van der Waals surface area contributed by atoms with Crippen LogP contribution in [0.25, 0.3) is 5.69 Å². The fourth-order valence-electron chi connectivity index (χ4n) is 1.27. The fraction of sp³-hybridized carbons (Fsp3) is 0. The molecule has 82 valence electrons. The highest BCUT2D eigenvalue weighted by molar-refractivity contribution is 9.10. The first-order valence-electron chi connectivity index (χ1n) is 4.37. The van der Waals surface area contributed by atoms with Gasteiger partial charge in [0.05, 0.1) is 5.69 Å². The fourth-order valence-corrected chi connectivity index (χ4v) is 2.45. The number of thiazole rings is 1. The van der Waals surface area contributed by atoms with Crippen LogP contribution in [0.3, 0.4) is 0 Å². The van der Waals surface area contributed by atoms with Crippen LogP contribution in [0.5, 0.6) is 0 Å². The smallest absolute Gasteiger partial charge is 0.433 e. The van der Waals surface area contributed by atoms with Gasteiger partial charge in [0.1, 0.15) is 0 Å². The number of hydrogen-bond donors (Lipinski definition) is 1. The number of benzene rings is 1. The summed E-state index contributed by atoms with van der Waals surface area (Å²) in [4.78, 5) is 14.5. The van der Waals surface area contributed by atoms with E-state index >= 15 is 0 Å². The first-order chi connectivity index (χ1) is 7.68. The van der Waals surface area contributed by atoms with Gasteiger partial charge in [0.2, 0.25) is 4.80 Å². The van der Waals surface area contributed by atoms with Crippen LogP contribution in [-0.2, 0) is 0 Å². The number of nitrogens with zero attached hydrogens (tertiary/aromatic N) is 2. The summed E-state index contributed by atoms with van der Waals surface area (Å²) < 4.78 is 2.61. The van der Waals surface area contributed by atoms with Crippen molar-refractivity contribution >= 4 is 33.4 Å². The Morgan fingerprint density at radius 3 is 2.88 bits per heavy atom.